The van der Waals surface area contributed by atoms with Crippen LogP contribution >= 0.6 is 0 Å². The fraction of sp³-hybridized carbons (Fsp3) is 0.182. The van der Waals surface area contributed by atoms with Gasteiger partial charge in [-0.15, -0.1) is 0 Å². The molecule has 0 amide bonds. The SMILES string of the molecule is O=C(O)OCc1nccn1Cc1ccncc1. The molecule has 0 aliphatic heterocycles. The fourth-order valence-electron chi connectivity index (χ4n) is 1.44. The molecule has 0 aliphatic rings. The van der Waals surface area contributed by atoms with Gasteiger partial charge in [0.05, 0.1) is 0 Å². The van der Waals surface area contributed by atoms with E-state index in [0.717, 1.165) is 5.56 Å². The van der Waals surface area contributed by atoms with E-state index in [0.29, 0.717) is 12.4 Å². The summed E-state index contributed by atoms with van der Waals surface area (Å²) in [5.74, 6) is 0.573. The van der Waals surface area contributed by atoms with Crippen molar-refractivity contribution in [2.45, 2.75) is 13.2 Å². The Kier molecular flexibility index (Phi) is 3.34. The number of pyridine rings is 1. The van der Waals surface area contributed by atoms with Crippen molar-refractivity contribution in [3.8, 4) is 0 Å². The predicted molar refractivity (Wildman–Crippen MR) is 58.4 cm³/mol. The van der Waals surface area contributed by atoms with Crippen LogP contribution in [0.4, 0.5) is 4.79 Å². The van der Waals surface area contributed by atoms with Crippen LogP contribution in [0, 0.1) is 0 Å². The monoisotopic (exact) mass is 233 g/mol. The lowest BCUT2D eigenvalue weighted by atomic mass is 10.3. The number of hydrogen-bond acceptors (Lipinski definition) is 4. The van der Waals surface area contributed by atoms with Crippen LogP contribution in [0.3, 0.4) is 0 Å². The van der Waals surface area contributed by atoms with Gasteiger partial charge in [0, 0.05) is 31.3 Å². The van der Waals surface area contributed by atoms with Crippen molar-refractivity contribution in [2.75, 3.05) is 0 Å². The molecule has 1 N–H and O–H groups in total. The average Bonchev–Trinajstić information content (AvgIpc) is 2.75. The Morgan fingerprint density at radius 3 is 2.82 bits per heavy atom. The molecule has 0 spiro atoms. The van der Waals surface area contributed by atoms with E-state index in [-0.39, 0.29) is 6.61 Å². The van der Waals surface area contributed by atoms with Crippen LogP contribution in [0.5, 0.6) is 0 Å². The summed E-state index contributed by atoms with van der Waals surface area (Å²) in [5.41, 5.74) is 1.06. The van der Waals surface area contributed by atoms with Crippen LogP contribution in [0.2, 0.25) is 0 Å². The molecule has 0 aliphatic carbocycles. The third kappa shape index (κ3) is 3.04. The summed E-state index contributed by atoms with van der Waals surface area (Å²) < 4.78 is 6.32. The second-order valence-electron chi connectivity index (χ2n) is 3.38. The number of rotatable bonds is 4. The summed E-state index contributed by atoms with van der Waals surface area (Å²) in [6.07, 6.45) is 5.51. The van der Waals surface area contributed by atoms with Crippen LogP contribution in [0.25, 0.3) is 0 Å². The van der Waals surface area contributed by atoms with Crippen LogP contribution in [0.15, 0.2) is 36.9 Å². The van der Waals surface area contributed by atoms with Gasteiger partial charge in [-0.2, -0.15) is 0 Å². The second kappa shape index (κ2) is 5.11. The minimum absolute atomic E-state index is 0.0482. The zero-order chi connectivity index (χ0) is 12.1. The summed E-state index contributed by atoms with van der Waals surface area (Å²) in [6, 6.07) is 3.78. The van der Waals surface area contributed by atoms with E-state index >= 15 is 0 Å². The molecule has 2 aromatic heterocycles. The van der Waals surface area contributed by atoms with Gasteiger partial charge in [0.1, 0.15) is 5.82 Å². The lowest BCUT2D eigenvalue weighted by Crippen LogP contribution is -2.08. The smallest absolute Gasteiger partial charge is 0.450 e. The minimum atomic E-state index is -1.30. The highest BCUT2D eigenvalue weighted by Gasteiger charge is 2.06. The van der Waals surface area contributed by atoms with Crippen molar-refractivity contribution < 1.29 is 14.6 Å². The highest BCUT2D eigenvalue weighted by molar-refractivity contribution is 5.56. The molecule has 2 aromatic rings. The van der Waals surface area contributed by atoms with Crippen LogP contribution in [-0.4, -0.2) is 25.8 Å². The number of imidazole rings is 1. The van der Waals surface area contributed by atoms with E-state index in [1.165, 1.54) is 0 Å². The average molecular weight is 233 g/mol. The second-order valence-corrected chi connectivity index (χ2v) is 3.38. The molecule has 6 nitrogen and oxygen atoms in total. The lowest BCUT2D eigenvalue weighted by molar-refractivity contribution is 0.0822. The molecule has 0 aromatic carbocycles. The molecule has 6 heteroatoms. The largest absolute Gasteiger partial charge is 0.506 e. The first kappa shape index (κ1) is 11.1. The molecule has 0 fully saturated rings. The van der Waals surface area contributed by atoms with E-state index in [1.54, 1.807) is 24.8 Å². The molecule has 0 atom stereocenters. The van der Waals surface area contributed by atoms with Gasteiger partial charge in [0.25, 0.3) is 0 Å². The zero-order valence-corrected chi connectivity index (χ0v) is 8.98. The maximum absolute atomic E-state index is 10.3. The van der Waals surface area contributed by atoms with E-state index < -0.39 is 6.16 Å². The van der Waals surface area contributed by atoms with Crippen molar-refractivity contribution in [2.24, 2.45) is 0 Å². The van der Waals surface area contributed by atoms with E-state index in [1.807, 2.05) is 16.7 Å². The first-order valence-electron chi connectivity index (χ1n) is 5.00. The molecule has 88 valence electrons. The Balaban J connectivity index is 2.06. The Bertz CT molecular complexity index is 496. The molecule has 2 rings (SSSR count). The Morgan fingerprint density at radius 2 is 2.12 bits per heavy atom. The normalized spacial score (nSPS) is 10.1. The maximum atomic E-state index is 10.3. The zero-order valence-electron chi connectivity index (χ0n) is 8.98. The Labute approximate surface area is 97.5 Å². The number of nitrogens with zero attached hydrogens (tertiary/aromatic N) is 3. The first-order valence-corrected chi connectivity index (χ1v) is 5.00. The van der Waals surface area contributed by atoms with Crippen LogP contribution in [-0.2, 0) is 17.9 Å². The van der Waals surface area contributed by atoms with Gasteiger partial charge in [0.2, 0.25) is 0 Å². The van der Waals surface area contributed by atoms with Gasteiger partial charge in [-0.25, -0.2) is 9.78 Å². The number of aromatic nitrogens is 3. The molecule has 0 unspecified atom stereocenters. The van der Waals surface area contributed by atoms with Gasteiger partial charge < -0.3 is 14.4 Å². The van der Waals surface area contributed by atoms with E-state index in [9.17, 15) is 4.79 Å². The molecule has 17 heavy (non-hydrogen) atoms. The third-order valence-corrected chi connectivity index (χ3v) is 2.23. The standard InChI is InChI=1S/C11H11N3O3/c15-11(16)17-8-10-13-5-6-14(10)7-9-1-3-12-4-2-9/h1-6H,7-8H2,(H,15,16). The van der Waals surface area contributed by atoms with Gasteiger partial charge in [-0.05, 0) is 17.7 Å². The molecule has 0 saturated carbocycles. The molecule has 0 bridgehead atoms. The van der Waals surface area contributed by atoms with Crippen molar-refractivity contribution in [1.82, 2.24) is 14.5 Å². The molecule has 0 saturated heterocycles. The van der Waals surface area contributed by atoms with E-state index in [2.05, 4.69) is 14.7 Å². The van der Waals surface area contributed by atoms with E-state index in [4.69, 9.17) is 5.11 Å². The Hall–Kier alpha value is -2.37. The topological polar surface area (TPSA) is 77.2 Å². The highest BCUT2D eigenvalue weighted by Crippen LogP contribution is 2.05. The molecule has 2 heterocycles. The number of carboxylic acid groups (broad SMARTS) is 1. The summed E-state index contributed by atoms with van der Waals surface area (Å²) in [7, 11) is 0. The van der Waals surface area contributed by atoms with Gasteiger partial charge in [-0.1, -0.05) is 0 Å². The summed E-state index contributed by atoms with van der Waals surface area (Å²) >= 11 is 0. The number of hydrogen-bond donors (Lipinski definition) is 1. The van der Waals surface area contributed by atoms with Gasteiger partial charge in [-0.3, -0.25) is 4.98 Å². The number of carbonyl (C=O) groups is 1. The number of ether oxygens (including phenoxy) is 1. The van der Waals surface area contributed by atoms with Crippen molar-refractivity contribution in [3.63, 3.8) is 0 Å². The summed E-state index contributed by atoms with van der Waals surface area (Å²) in [4.78, 5) is 18.3. The fourth-order valence-corrected chi connectivity index (χ4v) is 1.44. The van der Waals surface area contributed by atoms with Crippen LogP contribution in [0.1, 0.15) is 11.4 Å². The van der Waals surface area contributed by atoms with Crippen molar-refractivity contribution >= 4 is 6.16 Å². The first-order chi connectivity index (χ1) is 8.25. The quantitative estimate of drug-likeness (QED) is 0.810. The molecular weight excluding hydrogens is 222 g/mol. The van der Waals surface area contributed by atoms with Crippen LogP contribution < -0.4 is 0 Å². The van der Waals surface area contributed by atoms with Crippen molar-refractivity contribution in [3.05, 3.63) is 48.3 Å². The maximum Gasteiger partial charge on any atom is 0.506 e. The summed E-state index contributed by atoms with van der Waals surface area (Å²) in [6.45, 7) is 0.564. The highest BCUT2D eigenvalue weighted by atomic mass is 16.7. The van der Waals surface area contributed by atoms with Crippen molar-refractivity contribution in [1.29, 1.82) is 0 Å². The summed E-state index contributed by atoms with van der Waals surface area (Å²) in [5, 5.41) is 8.43. The minimum Gasteiger partial charge on any atom is -0.450 e. The molecular formula is C11H11N3O3. The lowest BCUT2D eigenvalue weighted by Gasteiger charge is -2.07. The molecule has 0 radical (unpaired) electrons. The van der Waals surface area contributed by atoms with Gasteiger partial charge >= 0.3 is 6.16 Å². The van der Waals surface area contributed by atoms with Gasteiger partial charge in [0.15, 0.2) is 6.61 Å². The third-order valence-electron chi connectivity index (χ3n) is 2.23. The predicted octanol–water partition coefficient (Wildman–Crippen LogP) is 1.52. The Morgan fingerprint density at radius 1 is 1.35 bits per heavy atom.